The number of para-hydroxylation sites is 1. The smallest absolute Gasteiger partial charge is 0.138 e. The number of benzene rings is 2. The van der Waals surface area contributed by atoms with Gasteiger partial charge in [-0.15, -0.1) is 0 Å². The summed E-state index contributed by atoms with van der Waals surface area (Å²) in [7, 11) is 4.12. The Balaban J connectivity index is 1.84. The highest BCUT2D eigenvalue weighted by Crippen LogP contribution is 2.26. The molecule has 5 heteroatoms. The van der Waals surface area contributed by atoms with E-state index >= 15 is 0 Å². The summed E-state index contributed by atoms with van der Waals surface area (Å²) in [5.41, 5.74) is 2.34. The maximum Gasteiger partial charge on any atom is 0.138 e. The average Bonchev–Trinajstić information content (AvgIpc) is 2.67. The van der Waals surface area contributed by atoms with E-state index in [-0.39, 0.29) is 0 Å². The fourth-order valence-electron chi connectivity index (χ4n) is 2.68. The number of aromatic nitrogens is 2. The summed E-state index contributed by atoms with van der Waals surface area (Å²) in [5.74, 6) is 1.72. The van der Waals surface area contributed by atoms with Crippen molar-refractivity contribution in [2.45, 2.75) is 6.54 Å². The van der Waals surface area contributed by atoms with Gasteiger partial charge >= 0.3 is 0 Å². The van der Waals surface area contributed by atoms with Gasteiger partial charge in [0.25, 0.3) is 0 Å². The molecule has 0 aliphatic rings. The molecular weight excluding hydrogens is 322 g/mol. The van der Waals surface area contributed by atoms with Crippen LogP contribution in [0.15, 0.2) is 73.1 Å². The van der Waals surface area contributed by atoms with Crippen LogP contribution in [0.5, 0.6) is 0 Å². The van der Waals surface area contributed by atoms with E-state index in [1.807, 2.05) is 30.3 Å². The van der Waals surface area contributed by atoms with Crippen LogP contribution in [0.25, 0.3) is 0 Å². The fourth-order valence-corrected chi connectivity index (χ4v) is 2.68. The molecule has 0 fully saturated rings. The van der Waals surface area contributed by atoms with E-state index in [9.17, 15) is 0 Å². The predicted molar refractivity (Wildman–Crippen MR) is 108 cm³/mol. The summed E-state index contributed by atoms with van der Waals surface area (Å²) < 4.78 is 0. The highest BCUT2D eigenvalue weighted by molar-refractivity contribution is 5.62. The Morgan fingerprint density at radius 1 is 0.885 bits per heavy atom. The molecule has 3 rings (SSSR count). The van der Waals surface area contributed by atoms with Gasteiger partial charge in [-0.3, -0.25) is 0 Å². The summed E-state index contributed by atoms with van der Waals surface area (Å²) in [6, 6.07) is 22.8. The summed E-state index contributed by atoms with van der Waals surface area (Å²) in [6.45, 7) is 2.54. The summed E-state index contributed by atoms with van der Waals surface area (Å²) in [6.07, 6.45) is 1.62. The molecule has 0 atom stereocenters. The van der Waals surface area contributed by atoms with Crippen LogP contribution in [-0.2, 0) is 6.54 Å². The maximum atomic E-state index is 4.52. The highest BCUT2D eigenvalue weighted by Gasteiger charge is 2.12. The zero-order valence-electron chi connectivity index (χ0n) is 15.3. The molecule has 0 spiro atoms. The van der Waals surface area contributed by atoms with Crippen LogP contribution in [-0.4, -0.2) is 42.1 Å². The van der Waals surface area contributed by atoms with Crippen LogP contribution in [0.3, 0.4) is 0 Å². The number of hydrogen-bond donors (Lipinski definition) is 1. The molecule has 3 aromatic rings. The fraction of sp³-hybridized carbons (Fsp3) is 0.238. The number of likely N-dealkylation sites (N-methyl/N-ethyl adjacent to an activating group) is 1. The molecule has 0 saturated heterocycles. The molecule has 1 heterocycles. The Kier molecular flexibility index (Phi) is 6.17. The van der Waals surface area contributed by atoms with Crippen molar-refractivity contribution in [3.8, 4) is 0 Å². The topological polar surface area (TPSA) is 44.3 Å². The normalized spacial score (nSPS) is 10.7. The lowest BCUT2D eigenvalue weighted by atomic mass is 10.2. The average molecular weight is 347 g/mol. The standard InChI is InChI=1S/C21H25N5/c1-25(2)14-13-22-20-15-21(24-17-23-20)26(19-11-7-4-8-12-19)16-18-9-5-3-6-10-18/h3-12,15,17H,13-14,16H2,1-2H3,(H,22,23,24). The number of rotatable bonds is 8. The minimum absolute atomic E-state index is 0.749. The van der Waals surface area contributed by atoms with Crippen molar-refractivity contribution in [3.63, 3.8) is 0 Å². The predicted octanol–water partition coefficient (Wildman–Crippen LogP) is 3.79. The molecule has 0 aliphatic heterocycles. The van der Waals surface area contributed by atoms with Gasteiger partial charge in [-0.2, -0.15) is 0 Å². The van der Waals surface area contributed by atoms with Gasteiger partial charge in [0, 0.05) is 31.4 Å². The second-order valence-corrected chi connectivity index (χ2v) is 6.40. The molecule has 0 saturated carbocycles. The van der Waals surface area contributed by atoms with E-state index in [1.165, 1.54) is 5.56 Å². The van der Waals surface area contributed by atoms with E-state index in [4.69, 9.17) is 0 Å². The van der Waals surface area contributed by atoms with Crippen molar-refractivity contribution in [3.05, 3.63) is 78.6 Å². The summed E-state index contributed by atoms with van der Waals surface area (Å²) in [5, 5.41) is 3.37. The Hall–Kier alpha value is -2.92. The number of nitrogens with zero attached hydrogens (tertiary/aromatic N) is 4. The van der Waals surface area contributed by atoms with Gasteiger partial charge in [0.2, 0.25) is 0 Å². The van der Waals surface area contributed by atoms with Gasteiger partial charge in [-0.1, -0.05) is 48.5 Å². The first kappa shape index (κ1) is 17.9. The molecule has 0 unspecified atom stereocenters. The first-order chi connectivity index (χ1) is 12.7. The van der Waals surface area contributed by atoms with E-state index < -0.39 is 0 Å². The first-order valence-corrected chi connectivity index (χ1v) is 8.79. The second-order valence-electron chi connectivity index (χ2n) is 6.40. The van der Waals surface area contributed by atoms with Crippen LogP contribution >= 0.6 is 0 Å². The van der Waals surface area contributed by atoms with Crippen molar-refractivity contribution in [1.82, 2.24) is 14.9 Å². The Morgan fingerprint density at radius 2 is 1.58 bits per heavy atom. The van der Waals surface area contributed by atoms with Gasteiger partial charge in [-0.05, 0) is 31.8 Å². The van der Waals surface area contributed by atoms with E-state index in [2.05, 4.69) is 75.6 Å². The summed E-state index contributed by atoms with van der Waals surface area (Å²) in [4.78, 5) is 13.2. The van der Waals surface area contributed by atoms with Crippen molar-refractivity contribution >= 4 is 17.3 Å². The van der Waals surface area contributed by atoms with Crippen LogP contribution in [0.4, 0.5) is 17.3 Å². The minimum Gasteiger partial charge on any atom is -0.369 e. The third-order valence-electron chi connectivity index (χ3n) is 4.05. The largest absolute Gasteiger partial charge is 0.369 e. The monoisotopic (exact) mass is 347 g/mol. The van der Waals surface area contributed by atoms with Gasteiger partial charge < -0.3 is 15.1 Å². The number of anilines is 3. The van der Waals surface area contributed by atoms with E-state index in [0.717, 1.165) is 37.0 Å². The van der Waals surface area contributed by atoms with Crippen molar-refractivity contribution in [1.29, 1.82) is 0 Å². The molecule has 26 heavy (non-hydrogen) atoms. The molecule has 0 amide bonds. The lowest BCUT2D eigenvalue weighted by Crippen LogP contribution is -2.22. The first-order valence-electron chi connectivity index (χ1n) is 8.79. The molecule has 5 nitrogen and oxygen atoms in total. The molecule has 0 bridgehead atoms. The van der Waals surface area contributed by atoms with Crippen LogP contribution in [0, 0.1) is 0 Å². The Bertz CT molecular complexity index is 790. The lowest BCUT2D eigenvalue weighted by Gasteiger charge is -2.24. The zero-order chi connectivity index (χ0) is 18.2. The molecule has 2 aromatic carbocycles. The van der Waals surface area contributed by atoms with Gasteiger partial charge in [0.15, 0.2) is 0 Å². The van der Waals surface area contributed by atoms with Crippen LogP contribution in [0.1, 0.15) is 5.56 Å². The minimum atomic E-state index is 0.749. The van der Waals surface area contributed by atoms with Gasteiger partial charge in [-0.25, -0.2) is 9.97 Å². The zero-order valence-corrected chi connectivity index (χ0v) is 15.3. The van der Waals surface area contributed by atoms with E-state index in [0.29, 0.717) is 0 Å². The van der Waals surface area contributed by atoms with E-state index in [1.54, 1.807) is 6.33 Å². The van der Waals surface area contributed by atoms with Crippen molar-refractivity contribution in [2.24, 2.45) is 0 Å². The van der Waals surface area contributed by atoms with Crippen LogP contribution < -0.4 is 10.2 Å². The Labute approximate surface area is 155 Å². The third kappa shape index (κ3) is 5.04. The molecule has 1 N–H and O–H groups in total. The van der Waals surface area contributed by atoms with Crippen LogP contribution in [0.2, 0.25) is 0 Å². The van der Waals surface area contributed by atoms with Gasteiger partial charge in [0.05, 0.1) is 0 Å². The second kappa shape index (κ2) is 8.97. The lowest BCUT2D eigenvalue weighted by molar-refractivity contribution is 0.425. The van der Waals surface area contributed by atoms with Gasteiger partial charge in [0.1, 0.15) is 18.0 Å². The molecule has 0 aliphatic carbocycles. The molecular formula is C21H25N5. The quantitative estimate of drug-likeness (QED) is 0.672. The highest BCUT2D eigenvalue weighted by atomic mass is 15.2. The molecule has 134 valence electrons. The third-order valence-corrected chi connectivity index (χ3v) is 4.05. The maximum absolute atomic E-state index is 4.52. The Morgan fingerprint density at radius 3 is 2.27 bits per heavy atom. The summed E-state index contributed by atoms with van der Waals surface area (Å²) >= 11 is 0. The molecule has 1 aromatic heterocycles. The number of hydrogen-bond acceptors (Lipinski definition) is 5. The van der Waals surface area contributed by atoms with Crippen molar-refractivity contribution < 1.29 is 0 Å². The molecule has 0 radical (unpaired) electrons. The number of nitrogens with one attached hydrogen (secondary N) is 1. The van der Waals surface area contributed by atoms with Crippen molar-refractivity contribution in [2.75, 3.05) is 37.4 Å². The SMILES string of the molecule is CN(C)CCNc1cc(N(Cc2ccccc2)c2ccccc2)ncn1.